The van der Waals surface area contributed by atoms with Gasteiger partial charge in [-0.25, -0.2) is 17.2 Å². The van der Waals surface area contributed by atoms with Crippen LogP contribution in [0.15, 0.2) is 54.6 Å². The Morgan fingerprint density at radius 1 is 1.02 bits per heavy atom. The van der Waals surface area contributed by atoms with E-state index < -0.39 is 57.0 Å². The number of benzene rings is 3. The largest absolute Gasteiger partial charge is 0.416 e. The van der Waals surface area contributed by atoms with Crippen LogP contribution in [-0.2, 0) is 34.7 Å². The van der Waals surface area contributed by atoms with Crippen LogP contribution < -0.4 is 14.9 Å². The van der Waals surface area contributed by atoms with Crippen LogP contribution in [0.3, 0.4) is 0 Å². The molecule has 1 fully saturated rings. The number of carbonyl (C=O) groups is 2. The molecule has 2 aliphatic rings. The number of amides is 2. The summed E-state index contributed by atoms with van der Waals surface area (Å²) < 4.78 is 95.0. The highest BCUT2D eigenvalue weighted by molar-refractivity contribution is 7.92. The predicted octanol–water partition coefficient (Wildman–Crippen LogP) is 6.28. The molecule has 3 N–H and O–H groups in total. The van der Waals surface area contributed by atoms with E-state index >= 15 is 0 Å². The summed E-state index contributed by atoms with van der Waals surface area (Å²) in [4.78, 5) is 29.8. The third-order valence-corrected chi connectivity index (χ3v) is 11.4. The van der Waals surface area contributed by atoms with Crippen molar-refractivity contribution in [1.29, 1.82) is 0 Å². The molecule has 2 amide bonds. The van der Waals surface area contributed by atoms with Crippen LogP contribution in [-0.4, -0.2) is 68.3 Å². The molecule has 0 unspecified atom stereocenters. The highest BCUT2D eigenvalue weighted by Gasteiger charge is 2.46. The van der Waals surface area contributed by atoms with E-state index in [0.717, 1.165) is 60.5 Å². The second-order valence-corrected chi connectivity index (χ2v) is 16.1. The number of nitrogens with one attached hydrogen (secondary N) is 2. The minimum Gasteiger partial charge on any atom is -0.390 e. The molecule has 0 aromatic heterocycles. The van der Waals surface area contributed by atoms with E-state index in [1.54, 1.807) is 11.0 Å². The Labute approximate surface area is 306 Å². The molecular formula is C38H45F5N4O5S. The van der Waals surface area contributed by atoms with Crippen molar-refractivity contribution in [2.45, 2.75) is 95.2 Å². The maximum atomic E-state index is 14.3. The van der Waals surface area contributed by atoms with Gasteiger partial charge in [-0.05, 0) is 85.2 Å². The minimum atomic E-state index is -4.55. The number of alkyl halides is 3. The van der Waals surface area contributed by atoms with Gasteiger partial charge in [0.15, 0.2) is 0 Å². The monoisotopic (exact) mass is 764 g/mol. The van der Waals surface area contributed by atoms with Gasteiger partial charge in [-0.3, -0.25) is 13.9 Å². The van der Waals surface area contributed by atoms with Gasteiger partial charge in [0.2, 0.25) is 10.0 Å². The van der Waals surface area contributed by atoms with Crippen LogP contribution in [0.4, 0.5) is 27.6 Å². The molecule has 2 atom stereocenters. The van der Waals surface area contributed by atoms with E-state index in [4.69, 9.17) is 0 Å². The fraction of sp³-hybridized carbons (Fsp3) is 0.474. The molecule has 0 saturated heterocycles. The molecule has 15 heteroatoms. The van der Waals surface area contributed by atoms with Crippen LogP contribution >= 0.6 is 0 Å². The van der Waals surface area contributed by atoms with E-state index in [9.17, 15) is 45.1 Å². The average molecular weight is 765 g/mol. The van der Waals surface area contributed by atoms with Gasteiger partial charge in [0.25, 0.3) is 11.8 Å². The molecule has 1 saturated carbocycles. The van der Waals surface area contributed by atoms with Gasteiger partial charge in [-0.15, -0.1) is 0 Å². The van der Waals surface area contributed by atoms with E-state index in [-0.39, 0.29) is 53.8 Å². The SMILES string of the molecule is CCCC(CCC)N1Cc2c(C(=O)N[C@@H](Cc3cc(F)cc(F)c3)[C@H](O)CNC3(c4cccc(C(F)(F)F)c4)CC3)cc(N(C)S(C)(=O)=O)cc2C1=O. The highest BCUT2D eigenvalue weighted by Crippen LogP contribution is 2.46. The first-order valence-corrected chi connectivity index (χ1v) is 19.5. The Balaban J connectivity index is 1.48. The number of hydrogen-bond donors (Lipinski definition) is 3. The lowest BCUT2D eigenvalue weighted by atomic mass is 9.97. The van der Waals surface area contributed by atoms with Crippen molar-refractivity contribution in [3.05, 3.63) is 99.6 Å². The molecule has 0 bridgehead atoms. The van der Waals surface area contributed by atoms with Gasteiger partial charge in [-0.2, -0.15) is 13.2 Å². The lowest BCUT2D eigenvalue weighted by Crippen LogP contribution is -2.50. The molecule has 1 aliphatic carbocycles. The lowest BCUT2D eigenvalue weighted by molar-refractivity contribution is -0.137. The van der Waals surface area contributed by atoms with Gasteiger partial charge in [0.05, 0.1) is 29.7 Å². The second-order valence-electron chi connectivity index (χ2n) is 14.1. The number of anilines is 1. The summed E-state index contributed by atoms with van der Waals surface area (Å²) in [6.45, 7) is 3.89. The number of fused-ring (bicyclic) bond motifs is 1. The van der Waals surface area contributed by atoms with Crippen LogP contribution in [0.1, 0.15) is 95.3 Å². The Kier molecular flexibility index (Phi) is 11.9. The molecule has 1 aliphatic heterocycles. The topological polar surface area (TPSA) is 119 Å². The highest BCUT2D eigenvalue weighted by atomic mass is 32.2. The number of rotatable bonds is 16. The zero-order valence-electron chi connectivity index (χ0n) is 30.1. The Hall–Kier alpha value is -4.08. The Morgan fingerprint density at radius 2 is 1.66 bits per heavy atom. The zero-order valence-corrected chi connectivity index (χ0v) is 30.9. The Bertz CT molecular complexity index is 1930. The van der Waals surface area contributed by atoms with Crippen LogP contribution in [0, 0.1) is 11.6 Å². The number of halogens is 5. The molecule has 288 valence electrons. The number of aliphatic hydroxyl groups excluding tert-OH is 1. The van der Waals surface area contributed by atoms with Crippen LogP contribution in [0.25, 0.3) is 0 Å². The summed E-state index contributed by atoms with van der Waals surface area (Å²) >= 11 is 0. The molecule has 0 spiro atoms. The second kappa shape index (κ2) is 15.7. The van der Waals surface area contributed by atoms with Crippen molar-refractivity contribution in [3.8, 4) is 0 Å². The van der Waals surface area contributed by atoms with E-state index in [2.05, 4.69) is 10.6 Å². The summed E-state index contributed by atoms with van der Waals surface area (Å²) in [5.74, 6) is -2.85. The fourth-order valence-corrected chi connectivity index (χ4v) is 7.54. The summed E-state index contributed by atoms with van der Waals surface area (Å²) in [5, 5.41) is 17.5. The number of carbonyl (C=O) groups excluding carboxylic acids is 2. The van der Waals surface area contributed by atoms with Gasteiger partial charge in [-0.1, -0.05) is 38.8 Å². The molecule has 1 heterocycles. The number of sulfonamides is 1. The van der Waals surface area contributed by atoms with Crippen molar-refractivity contribution in [3.63, 3.8) is 0 Å². The third-order valence-electron chi connectivity index (χ3n) is 10.1. The predicted molar refractivity (Wildman–Crippen MR) is 191 cm³/mol. The maximum Gasteiger partial charge on any atom is 0.416 e. The van der Waals surface area contributed by atoms with Crippen molar-refractivity contribution in [1.82, 2.24) is 15.5 Å². The van der Waals surface area contributed by atoms with Gasteiger partial charge >= 0.3 is 6.18 Å². The van der Waals surface area contributed by atoms with Gasteiger partial charge in [0.1, 0.15) is 11.6 Å². The quantitative estimate of drug-likeness (QED) is 0.148. The molecule has 9 nitrogen and oxygen atoms in total. The number of nitrogens with zero attached hydrogens (tertiary/aromatic N) is 2. The maximum absolute atomic E-state index is 14.3. The molecule has 53 heavy (non-hydrogen) atoms. The Morgan fingerprint density at radius 3 is 2.23 bits per heavy atom. The summed E-state index contributed by atoms with van der Waals surface area (Å²) in [5.41, 5.74) is -0.567. The molecule has 0 radical (unpaired) electrons. The summed E-state index contributed by atoms with van der Waals surface area (Å²) in [7, 11) is -2.53. The summed E-state index contributed by atoms with van der Waals surface area (Å²) in [6, 6.07) is 9.19. The molecule has 3 aromatic rings. The molecular weight excluding hydrogens is 719 g/mol. The number of aliphatic hydroxyl groups is 1. The molecule has 5 rings (SSSR count). The van der Waals surface area contributed by atoms with E-state index in [0.29, 0.717) is 30.0 Å². The van der Waals surface area contributed by atoms with Crippen molar-refractivity contribution >= 4 is 27.5 Å². The van der Waals surface area contributed by atoms with Crippen LogP contribution in [0.5, 0.6) is 0 Å². The molecule has 3 aromatic carbocycles. The first kappa shape index (κ1) is 40.1. The van der Waals surface area contributed by atoms with Gasteiger partial charge in [0, 0.05) is 48.9 Å². The van der Waals surface area contributed by atoms with Crippen molar-refractivity contribution < 1.29 is 45.1 Å². The summed E-state index contributed by atoms with van der Waals surface area (Å²) in [6.07, 6.45) is -1.20. The normalized spacial score (nSPS) is 16.4. The first-order chi connectivity index (χ1) is 24.9. The smallest absolute Gasteiger partial charge is 0.390 e. The van der Waals surface area contributed by atoms with Crippen molar-refractivity contribution in [2.75, 3.05) is 24.2 Å². The van der Waals surface area contributed by atoms with Gasteiger partial charge < -0.3 is 20.6 Å². The average Bonchev–Trinajstić information content (AvgIpc) is 3.81. The standard InChI is InChI=1S/C38H45F5N4O5S/c1-5-8-28(9-6-2)47-22-32-30(19-29(20-31(32)36(47)50)46(3)53(4,51)52)35(49)45-33(16-23-14-26(39)18-27(40)15-23)34(48)21-44-37(12-13-37)24-10-7-11-25(17-24)38(41,42)43/h7,10-11,14-15,17-20,28,33-34,44,48H,5-6,8-9,12-13,16,21-22H2,1-4H3,(H,45,49)/t33-,34+/m0/s1. The van der Waals surface area contributed by atoms with E-state index in [1.807, 2.05) is 13.8 Å². The zero-order chi connectivity index (χ0) is 38.9. The lowest BCUT2D eigenvalue weighted by Gasteiger charge is -2.28. The minimum absolute atomic E-state index is 0.00573. The van der Waals surface area contributed by atoms with Crippen molar-refractivity contribution in [2.24, 2.45) is 0 Å². The third kappa shape index (κ3) is 9.18. The van der Waals surface area contributed by atoms with Crippen LogP contribution in [0.2, 0.25) is 0 Å². The first-order valence-electron chi connectivity index (χ1n) is 17.6. The number of hydrogen-bond acceptors (Lipinski definition) is 6. The fourth-order valence-electron chi connectivity index (χ4n) is 7.05. The van der Waals surface area contributed by atoms with E-state index in [1.165, 1.54) is 25.2 Å².